The second-order valence-corrected chi connectivity index (χ2v) is 38.6. The van der Waals surface area contributed by atoms with E-state index in [0.29, 0.717) is 0 Å². The van der Waals surface area contributed by atoms with Gasteiger partial charge in [-0.2, -0.15) is 0 Å². The van der Waals surface area contributed by atoms with E-state index in [1.54, 1.807) is 0 Å². The van der Waals surface area contributed by atoms with Gasteiger partial charge in [-0.25, -0.2) is 0 Å². The van der Waals surface area contributed by atoms with Crippen molar-refractivity contribution in [1.82, 2.24) is 4.57 Å². The van der Waals surface area contributed by atoms with Crippen LogP contribution in [0.2, 0.25) is 0 Å². The first-order chi connectivity index (χ1) is 61.4. The smallest absolute Gasteiger partial charge is 0.252 e. The van der Waals surface area contributed by atoms with Crippen molar-refractivity contribution >= 4 is 147 Å². The van der Waals surface area contributed by atoms with Crippen molar-refractivity contribution in [3.05, 3.63) is 427 Å². The van der Waals surface area contributed by atoms with E-state index >= 15 is 0 Å². The van der Waals surface area contributed by atoms with E-state index in [2.05, 4.69) is 475 Å². The molecule has 19 aromatic rings. The summed E-state index contributed by atoms with van der Waals surface area (Å²) in [7, 11) is 0. The Morgan fingerprint density at radius 1 is 0.230 bits per heavy atom. The predicted molar refractivity (Wildman–Crippen MR) is 535 cm³/mol. The summed E-state index contributed by atoms with van der Waals surface area (Å²) in [6.07, 6.45) is 0. The Bertz CT molecular complexity index is 7610. The van der Waals surface area contributed by atoms with E-state index in [0.717, 1.165) is 95.9 Å². The fourth-order valence-corrected chi connectivity index (χ4v) is 22.9. The van der Waals surface area contributed by atoms with Crippen molar-refractivity contribution in [2.24, 2.45) is 0 Å². The molecule has 0 saturated heterocycles. The topological polar surface area (TPSA) is 17.9 Å². The summed E-state index contributed by atoms with van der Waals surface area (Å²) in [5, 5.41) is 4.84. The molecule has 0 amide bonds. The molecule has 18 aromatic carbocycles. The van der Waals surface area contributed by atoms with Gasteiger partial charge in [0, 0.05) is 84.2 Å². The highest BCUT2D eigenvalue weighted by atomic mass is 15.2. The molecule has 5 nitrogen and oxygen atoms in total. The van der Waals surface area contributed by atoms with Crippen LogP contribution < -0.4 is 52.4 Å². The van der Waals surface area contributed by atoms with E-state index in [1.165, 1.54) is 138 Å². The van der Waals surface area contributed by atoms with Crippen LogP contribution in [0, 0.1) is 0 Å². The van der Waals surface area contributed by atoms with Crippen molar-refractivity contribution in [2.45, 2.75) is 84.0 Å². The molecule has 4 aliphatic heterocycles. The average Bonchev–Trinajstić information content (AvgIpc) is 1.54. The molecule has 0 saturated carbocycles. The van der Waals surface area contributed by atoms with Gasteiger partial charge >= 0.3 is 0 Å². The lowest BCUT2D eigenvalue weighted by atomic mass is 9.30. The lowest BCUT2D eigenvalue weighted by Gasteiger charge is -2.48. The molecule has 2 aliphatic carbocycles. The SMILES string of the molecule is CC(C)(C)c1cc(-c2ccccc2)c(N2c3cc4c(cc3B3c5ccccc5N(c5ccccc5)c5cc(-n6c7ccc(C(C)(C)C)cc7c7cc(C(C)(C)C)ccc76)cc2c53)B2c3ccccc3N(c3ccccc3)c3c2c(cc2cc(-c5cccc6c5C5(c7ccccc7-c7ccccc75)c5ccccc5-6)ccc32)N4c2ccccc2)c(-c2ccccc2)c1. The van der Waals surface area contributed by atoms with Gasteiger partial charge in [0.2, 0.25) is 0 Å². The number of hydrogen-bond acceptors (Lipinski definition) is 4. The van der Waals surface area contributed by atoms with Gasteiger partial charge in [0.15, 0.2) is 0 Å². The molecule has 1 spiro atoms. The van der Waals surface area contributed by atoms with Gasteiger partial charge in [-0.15, -0.1) is 0 Å². The highest BCUT2D eigenvalue weighted by Gasteiger charge is 2.54. The zero-order chi connectivity index (χ0) is 84.5. The van der Waals surface area contributed by atoms with E-state index in [1.807, 2.05) is 0 Å². The molecular formula is C119H91B2N5. The summed E-state index contributed by atoms with van der Waals surface area (Å²) in [5.74, 6) is 0. The molecule has 0 fully saturated rings. The third-order valence-electron chi connectivity index (χ3n) is 28.5. The minimum atomic E-state index is -0.560. The van der Waals surface area contributed by atoms with Crippen LogP contribution in [-0.4, -0.2) is 18.0 Å². The molecule has 0 radical (unpaired) electrons. The quantitative estimate of drug-likeness (QED) is 0.141. The number of fused-ring (bicyclic) bond motifs is 23. The van der Waals surface area contributed by atoms with E-state index in [-0.39, 0.29) is 29.7 Å². The first-order valence-corrected chi connectivity index (χ1v) is 44.8. The summed E-state index contributed by atoms with van der Waals surface area (Å²) in [5.41, 5.74) is 44.8. The average molecular weight is 1610 g/mol. The van der Waals surface area contributed by atoms with Crippen LogP contribution in [0.1, 0.15) is 101 Å². The number of benzene rings is 18. The Morgan fingerprint density at radius 3 is 1.17 bits per heavy atom. The summed E-state index contributed by atoms with van der Waals surface area (Å²) in [6.45, 7) is 20.7. The molecule has 25 rings (SSSR count). The van der Waals surface area contributed by atoms with Crippen molar-refractivity contribution in [1.29, 1.82) is 0 Å². The van der Waals surface area contributed by atoms with Gasteiger partial charge < -0.3 is 24.2 Å². The molecule has 126 heavy (non-hydrogen) atoms. The van der Waals surface area contributed by atoms with Gasteiger partial charge in [-0.3, -0.25) is 0 Å². The van der Waals surface area contributed by atoms with Crippen molar-refractivity contribution < 1.29 is 0 Å². The van der Waals surface area contributed by atoms with Gasteiger partial charge in [0.05, 0.1) is 33.5 Å². The largest absolute Gasteiger partial charge is 0.311 e. The van der Waals surface area contributed by atoms with E-state index in [9.17, 15) is 0 Å². The Kier molecular flexibility index (Phi) is 16.0. The van der Waals surface area contributed by atoms with Crippen molar-refractivity contribution in [3.63, 3.8) is 0 Å². The van der Waals surface area contributed by atoms with Crippen LogP contribution in [0.4, 0.5) is 68.2 Å². The monoisotopic (exact) mass is 1610 g/mol. The maximum Gasteiger partial charge on any atom is 0.252 e. The number of rotatable bonds is 8. The molecule has 0 unspecified atom stereocenters. The van der Waals surface area contributed by atoms with Crippen LogP contribution in [0.15, 0.2) is 388 Å². The fraction of sp³-hybridized carbons (Fsp3) is 0.109. The molecule has 0 atom stereocenters. The highest BCUT2D eigenvalue weighted by molar-refractivity contribution is 7.03. The summed E-state index contributed by atoms with van der Waals surface area (Å²) in [6, 6.07) is 150. The second-order valence-electron chi connectivity index (χ2n) is 38.6. The molecule has 0 N–H and O–H groups in total. The Morgan fingerprint density at radius 2 is 0.643 bits per heavy atom. The molecule has 5 heterocycles. The summed E-state index contributed by atoms with van der Waals surface area (Å²) in [4.78, 5) is 10.6. The van der Waals surface area contributed by atoms with Gasteiger partial charge in [-0.05, 0) is 253 Å². The van der Waals surface area contributed by atoms with Crippen molar-refractivity contribution in [3.8, 4) is 61.3 Å². The third kappa shape index (κ3) is 10.6. The highest BCUT2D eigenvalue weighted by Crippen LogP contribution is 2.65. The Balaban J connectivity index is 0.822. The Hall–Kier alpha value is -14.7. The minimum absolute atomic E-state index is 0.0967. The van der Waals surface area contributed by atoms with E-state index < -0.39 is 5.41 Å². The number of para-hydroxylation sites is 5. The molecule has 0 bridgehead atoms. The molecule has 7 heteroatoms. The molecule has 1 aromatic heterocycles. The maximum atomic E-state index is 2.78. The standard InChI is InChI=1S/C119H91B2N5/c1-116(2,3)78-59-62-102-93(66-78)94-67-79(117(4,5)6)60-63-103(94)124(102)84-70-109-112-110(71-84)126(114-91(74-36-15-10-16-37-74)68-80(118(7,8)9)69-92(114)75-38-17-11-18-39-75)107-73-106-100(72-101(107)120(112)98-54-31-33-56-104(98)122(109)81-40-19-12-20-41-81)121-99-55-32-34-57-105(99)125(83-44-23-14-24-45-83)115-86-61-58-76(64-77(86)65-108(113(115)121)123(106)82-42-21-13-22-43-82)85-49-35-50-90-89-48-27-30-53-97(89)119(111(85)90)95-51-28-25-46-87(95)88-47-26-29-52-96(88)119/h10-73H,1-9H3. The van der Waals surface area contributed by atoms with Gasteiger partial charge in [0.1, 0.15) is 0 Å². The summed E-state index contributed by atoms with van der Waals surface area (Å²) < 4.78 is 2.61. The summed E-state index contributed by atoms with van der Waals surface area (Å²) >= 11 is 0. The first-order valence-electron chi connectivity index (χ1n) is 44.8. The maximum absolute atomic E-state index is 2.78. The van der Waals surface area contributed by atoms with Crippen LogP contribution in [0.5, 0.6) is 0 Å². The zero-order valence-corrected chi connectivity index (χ0v) is 72.3. The van der Waals surface area contributed by atoms with Crippen LogP contribution >= 0.6 is 0 Å². The molecule has 6 aliphatic rings. The minimum Gasteiger partial charge on any atom is -0.311 e. The van der Waals surface area contributed by atoms with Crippen LogP contribution in [0.3, 0.4) is 0 Å². The zero-order valence-electron chi connectivity index (χ0n) is 72.3. The third-order valence-corrected chi connectivity index (χ3v) is 28.5. The van der Waals surface area contributed by atoms with Crippen molar-refractivity contribution in [2.75, 3.05) is 19.6 Å². The number of anilines is 12. The predicted octanol–water partition coefficient (Wildman–Crippen LogP) is 27.3. The van der Waals surface area contributed by atoms with Crippen LogP contribution in [0.25, 0.3) is 93.9 Å². The fourth-order valence-electron chi connectivity index (χ4n) is 22.9. The number of nitrogens with zero attached hydrogens (tertiary/aromatic N) is 5. The Labute approximate surface area is 738 Å². The second kappa shape index (κ2) is 27.2. The van der Waals surface area contributed by atoms with Gasteiger partial charge in [-0.1, -0.05) is 335 Å². The van der Waals surface area contributed by atoms with Crippen LogP contribution in [-0.2, 0) is 21.7 Å². The van der Waals surface area contributed by atoms with Gasteiger partial charge in [0.25, 0.3) is 13.4 Å². The lowest BCUT2D eigenvalue weighted by molar-refractivity contribution is 0.590. The number of aromatic nitrogens is 1. The van der Waals surface area contributed by atoms with E-state index in [4.69, 9.17) is 0 Å². The molecular weight excluding hydrogens is 1520 g/mol. The normalized spacial score (nSPS) is 14.0. The lowest BCUT2D eigenvalue weighted by Crippen LogP contribution is -2.65. The first kappa shape index (κ1) is 74.0. The molecule has 598 valence electrons. The number of hydrogen-bond donors (Lipinski definition) is 0.